The number of fused-ring (bicyclic) bond motifs is 1. The number of carbonyl (C=O) groups excluding carboxylic acids is 2. The molecular weight excluding hydrogens is 624 g/mol. The van der Waals surface area contributed by atoms with Crippen molar-refractivity contribution in [2.45, 2.75) is 117 Å². The molecule has 2 aliphatic heterocycles. The van der Waals surface area contributed by atoms with Gasteiger partial charge in [-0.05, 0) is 70.6 Å². The van der Waals surface area contributed by atoms with Crippen LogP contribution < -0.4 is 0 Å². The number of aliphatic hydroxyl groups is 2. The van der Waals surface area contributed by atoms with Crippen LogP contribution in [0.5, 0.6) is 0 Å². The number of ether oxygens (including phenoxy) is 3. The highest BCUT2D eigenvalue weighted by molar-refractivity contribution is 5.82. The number of methoxy groups -OCH3 is 1. The average Bonchev–Trinajstić information content (AvgIpc) is 3.55. The summed E-state index contributed by atoms with van der Waals surface area (Å²) < 4.78 is 23.2. The molecule has 0 aromatic carbocycles. The van der Waals surface area contributed by atoms with Crippen molar-refractivity contribution in [3.05, 3.63) is 71.5 Å². The zero-order valence-electron chi connectivity index (χ0n) is 30.8. The zero-order chi connectivity index (χ0) is 36.3. The fraction of sp³-hybridized carbons (Fsp3) is 0.615. The van der Waals surface area contributed by atoms with Crippen molar-refractivity contribution < 1.29 is 38.4 Å². The lowest BCUT2D eigenvalue weighted by Crippen LogP contribution is -2.41. The molecule has 0 radical (unpaired) electrons. The normalized spacial score (nSPS) is 31.4. The molecule has 0 bridgehead atoms. The van der Waals surface area contributed by atoms with Crippen LogP contribution in [0.15, 0.2) is 64.4 Å². The molecule has 1 saturated heterocycles. The number of aryl methyl sites for hydroxylation is 1. The lowest BCUT2D eigenvalue weighted by molar-refractivity contribution is -0.150. The fourth-order valence-corrected chi connectivity index (χ4v) is 6.47. The van der Waals surface area contributed by atoms with Crippen LogP contribution in [0, 0.1) is 24.7 Å². The highest BCUT2D eigenvalue weighted by Crippen LogP contribution is 2.43. The fourth-order valence-electron chi connectivity index (χ4n) is 6.47. The van der Waals surface area contributed by atoms with Crippen LogP contribution in [0.4, 0.5) is 0 Å². The molecule has 1 aromatic heterocycles. The number of rotatable bonds is 11. The molecule has 3 rings (SSSR count). The first-order valence-corrected chi connectivity index (χ1v) is 17.6. The summed E-state index contributed by atoms with van der Waals surface area (Å²) in [6.07, 6.45) is 14.5. The Morgan fingerprint density at radius 1 is 1.20 bits per heavy atom. The molecule has 2 N–H and O–H groups in total. The van der Waals surface area contributed by atoms with E-state index in [-0.39, 0.29) is 42.6 Å². The van der Waals surface area contributed by atoms with Gasteiger partial charge < -0.3 is 33.7 Å². The smallest absolute Gasteiger partial charge is 0.330 e. The first kappa shape index (κ1) is 40.1. The highest BCUT2D eigenvalue weighted by atomic mass is 16.6. The van der Waals surface area contributed by atoms with Gasteiger partial charge in [0.05, 0.1) is 18.3 Å². The van der Waals surface area contributed by atoms with E-state index in [1.54, 1.807) is 31.3 Å². The van der Waals surface area contributed by atoms with Crippen LogP contribution in [0.2, 0.25) is 0 Å². The van der Waals surface area contributed by atoms with Gasteiger partial charge in [-0.2, -0.15) is 0 Å². The minimum Gasteiger partial charge on any atom is -0.459 e. The van der Waals surface area contributed by atoms with E-state index in [9.17, 15) is 19.8 Å². The minimum absolute atomic E-state index is 0.0286. The summed E-state index contributed by atoms with van der Waals surface area (Å²) in [6.45, 7) is 16.6. The van der Waals surface area contributed by atoms with Crippen LogP contribution in [-0.4, -0.2) is 88.3 Å². The molecule has 1 amide bonds. The van der Waals surface area contributed by atoms with Gasteiger partial charge in [0, 0.05) is 57.9 Å². The van der Waals surface area contributed by atoms with E-state index < -0.39 is 36.0 Å². The van der Waals surface area contributed by atoms with E-state index in [0.717, 1.165) is 16.8 Å². The van der Waals surface area contributed by atoms with Crippen molar-refractivity contribution in [1.82, 2.24) is 9.88 Å². The quantitative estimate of drug-likeness (QED) is 0.122. The van der Waals surface area contributed by atoms with E-state index in [2.05, 4.69) is 4.98 Å². The summed E-state index contributed by atoms with van der Waals surface area (Å²) in [6, 6.07) is 0. The Bertz CT molecular complexity index is 1390. The van der Waals surface area contributed by atoms with Crippen molar-refractivity contribution in [3.63, 3.8) is 0 Å². The molecule has 272 valence electrons. The van der Waals surface area contributed by atoms with Gasteiger partial charge in [-0.15, -0.1) is 0 Å². The molecule has 49 heavy (non-hydrogen) atoms. The molecule has 0 spiro atoms. The SMILES string of the molecule is CCN(CC)C(=O)C[C@H]1C/C=C/C(=O)O[C@@H](C(C)[C@H](OC)/C(C)=C/C=C/C(C)=C/c2coc(C)n2)C[C@@H](O)[C@]2(C)O[C@H]2/C=C/[C@H](C)[C@@H](O)C1. The summed E-state index contributed by atoms with van der Waals surface area (Å²) in [5.74, 6) is -0.578. The maximum atomic E-state index is 13.3. The van der Waals surface area contributed by atoms with E-state index in [1.165, 1.54) is 6.08 Å². The maximum Gasteiger partial charge on any atom is 0.330 e. The van der Waals surface area contributed by atoms with E-state index in [4.69, 9.17) is 18.6 Å². The van der Waals surface area contributed by atoms with Crippen LogP contribution in [0.25, 0.3) is 6.08 Å². The number of carbonyl (C=O) groups is 2. The number of esters is 1. The Balaban J connectivity index is 1.83. The van der Waals surface area contributed by atoms with Crippen molar-refractivity contribution in [1.29, 1.82) is 0 Å². The van der Waals surface area contributed by atoms with Crippen LogP contribution in [-0.2, 0) is 23.8 Å². The van der Waals surface area contributed by atoms with Gasteiger partial charge >= 0.3 is 5.97 Å². The molecule has 1 fully saturated rings. The van der Waals surface area contributed by atoms with Crippen molar-refractivity contribution >= 4 is 18.0 Å². The number of epoxide rings is 1. The molecule has 1 aromatic rings. The molecular formula is C39H58N2O8. The van der Waals surface area contributed by atoms with Gasteiger partial charge in [-0.3, -0.25) is 4.79 Å². The second-order valence-corrected chi connectivity index (χ2v) is 13.7. The van der Waals surface area contributed by atoms with E-state index in [0.29, 0.717) is 31.8 Å². The first-order valence-electron chi connectivity index (χ1n) is 17.6. The number of aromatic nitrogens is 1. The van der Waals surface area contributed by atoms with Crippen molar-refractivity contribution in [2.24, 2.45) is 17.8 Å². The summed E-state index contributed by atoms with van der Waals surface area (Å²) in [5.41, 5.74) is 1.80. The number of amides is 1. The second-order valence-electron chi connectivity index (χ2n) is 13.7. The number of cyclic esters (lactones) is 1. The Labute approximate surface area is 292 Å². The first-order chi connectivity index (χ1) is 23.2. The Kier molecular flexibility index (Phi) is 15.2. The number of hydrogen-bond donors (Lipinski definition) is 2. The lowest BCUT2D eigenvalue weighted by Gasteiger charge is -2.32. The summed E-state index contributed by atoms with van der Waals surface area (Å²) in [7, 11) is 1.62. The van der Waals surface area contributed by atoms with Gasteiger partial charge in [0.15, 0.2) is 5.89 Å². The summed E-state index contributed by atoms with van der Waals surface area (Å²) >= 11 is 0. The monoisotopic (exact) mass is 682 g/mol. The van der Waals surface area contributed by atoms with E-state index in [1.807, 2.05) is 84.9 Å². The number of aliphatic hydroxyl groups excluding tert-OH is 2. The van der Waals surface area contributed by atoms with Crippen LogP contribution in [0.3, 0.4) is 0 Å². The molecule has 10 nitrogen and oxygen atoms in total. The third kappa shape index (κ3) is 11.6. The number of nitrogens with zero attached hydrogens (tertiary/aromatic N) is 2. The van der Waals surface area contributed by atoms with E-state index >= 15 is 0 Å². The van der Waals surface area contributed by atoms with Crippen molar-refractivity contribution in [2.75, 3.05) is 20.2 Å². The summed E-state index contributed by atoms with van der Waals surface area (Å²) in [4.78, 5) is 32.3. The molecule has 1 unspecified atom stereocenters. The Hall–Kier alpha value is -3.31. The van der Waals surface area contributed by atoms with Crippen molar-refractivity contribution in [3.8, 4) is 0 Å². The number of hydrogen-bond acceptors (Lipinski definition) is 9. The van der Waals surface area contributed by atoms with Crippen LogP contribution in [0.1, 0.15) is 85.7 Å². The molecule has 0 aliphatic carbocycles. The van der Waals surface area contributed by atoms with Gasteiger partial charge in [-0.1, -0.05) is 50.3 Å². The molecule has 10 heteroatoms. The third-order valence-corrected chi connectivity index (χ3v) is 9.84. The van der Waals surface area contributed by atoms with Gasteiger partial charge in [0.1, 0.15) is 29.8 Å². The largest absolute Gasteiger partial charge is 0.459 e. The van der Waals surface area contributed by atoms with Gasteiger partial charge in [0.25, 0.3) is 0 Å². The third-order valence-electron chi connectivity index (χ3n) is 9.84. The molecule has 0 saturated carbocycles. The predicted molar refractivity (Wildman–Crippen MR) is 190 cm³/mol. The molecule has 2 aliphatic rings. The maximum absolute atomic E-state index is 13.3. The zero-order valence-corrected chi connectivity index (χ0v) is 30.8. The lowest BCUT2D eigenvalue weighted by atomic mass is 9.85. The predicted octanol–water partition coefficient (Wildman–Crippen LogP) is 6.14. The average molecular weight is 683 g/mol. The summed E-state index contributed by atoms with van der Waals surface area (Å²) in [5, 5.41) is 22.4. The Morgan fingerprint density at radius 3 is 2.55 bits per heavy atom. The van der Waals surface area contributed by atoms with Gasteiger partial charge in [0.2, 0.25) is 5.91 Å². The number of allylic oxidation sites excluding steroid dienone is 5. The molecule has 3 heterocycles. The molecule has 9 atom stereocenters. The van der Waals surface area contributed by atoms with Gasteiger partial charge in [-0.25, -0.2) is 9.78 Å². The second kappa shape index (κ2) is 18.6. The van der Waals surface area contributed by atoms with Crippen LogP contribution >= 0.6 is 0 Å². The Morgan fingerprint density at radius 2 is 1.92 bits per heavy atom. The topological polar surface area (TPSA) is 135 Å². The highest BCUT2D eigenvalue weighted by Gasteiger charge is 2.57. The number of oxazole rings is 1. The standard InChI is InChI=1S/C39H58N2O8/c1-10-41(11-2)36(44)22-30-16-13-17-37(45)48-33(23-34(43)39(8)35(49-39)19-18-26(4)32(42)21-30)28(6)38(46-9)27(5)15-12-14-25(3)20-31-24-47-29(7)40-31/h12-15,17-20,24,26,28,30,32-35,38,42-43H,10-11,16,21-23H2,1-9H3/b14-12+,17-13+,19-18+,25-20+,27-15+/t26-,28?,30-,32-,33+,34+,35-,38+,39-/m0/s1. The minimum atomic E-state index is -0.926.